The first-order valence-corrected chi connectivity index (χ1v) is 10.4. The van der Waals surface area contributed by atoms with Crippen LogP contribution in [-0.2, 0) is 11.3 Å². The third-order valence-electron chi connectivity index (χ3n) is 3.59. The van der Waals surface area contributed by atoms with Crippen LogP contribution in [0.15, 0.2) is 62.8 Å². The van der Waals surface area contributed by atoms with Crippen LogP contribution in [0.2, 0.25) is 0 Å². The second-order valence-electron chi connectivity index (χ2n) is 5.49. The van der Waals surface area contributed by atoms with Gasteiger partial charge >= 0.3 is 0 Å². The molecular weight excluding hydrogens is 434 g/mol. The molecule has 0 aliphatic rings. The normalized spacial score (nSPS) is 12.1. The van der Waals surface area contributed by atoms with Crippen LogP contribution in [0.3, 0.4) is 0 Å². The van der Waals surface area contributed by atoms with Crippen molar-refractivity contribution in [3.05, 3.63) is 63.2 Å². The second-order valence-corrected chi connectivity index (χ2v) is 8.63. The molecule has 26 heavy (non-hydrogen) atoms. The lowest BCUT2D eigenvalue weighted by Gasteiger charge is -2.15. The predicted octanol–water partition coefficient (Wildman–Crippen LogP) is 4.53. The highest BCUT2D eigenvalue weighted by Gasteiger charge is 2.19. The molecule has 3 rings (SSSR count). The third kappa shape index (κ3) is 4.08. The summed E-state index contributed by atoms with van der Waals surface area (Å²) in [6.45, 7) is 5.85. The summed E-state index contributed by atoms with van der Waals surface area (Å²) in [6.07, 6.45) is 1.65. The van der Waals surface area contributed by atoms with Crippen molar-refractivity contribution >= 4 is 60.8 Å². The number of nitrogens with one attached hydrogen (secondary N) is 1. The van der Waals surface area contributed by atoms with Gasteiger partial charge in [0.25, 0.3) is 5.56 Å². The van der Waals surface area contributed by atoms with E-state index in [4.69, 9.17) is 0 Å². The maximum absolute atomic E-state index is 12.6. The average molecular weight is 450 g/mol. The zero-order valence-electron chi connectivity index (χ0n) is 13.9. The lowest BCUT2D eigenvalue weighted by atomic mass is 10.3. The van der Waals surface area contributed by atoms with Gasteiger partial charge in [-0.1, -0.05) is 39.8 Å². The first-order valence-electron chi connectivity index (χ1n) is 7.81. The van der Waals surface area contributed by atoms with E-state index in [2.05, 4.69) is 32.8 Å². The van der Waals surface area contributed by atoms with Crippen molar-refractivity contribution in [3.63, 3.8) is 0 Å². The second kappa shape index (κ2) is 8.20. The fourth-order valence-corrected chi connectivity index (χ4v) is 4.42. The Morgan fingerprint density at radius 3 is 3.04 bits per heavy atom. The summed E-state index contributed by atoms with van der Waals surface area (Å²) in [5.74, 6) is -0.155. The van der Waals surface area contributed by atoms with E-state index in [1.54, 1.807) is 17.6 Å². The van der Waals surface area contributed by atoms with Gasteiger partial charge in [0.2, 0.25) is 5.91 Å². The molecule has 1 amide bonds. The fraction of sp³-hybridized carbons (Fsp3) is 0.167. The lowest BCUT2D eigenvalue weighted by Crippen LogP contribution is -2.26. The number of benzene rings is 1. The zero-order valence-corrected chi connectivity index (χ0v) is 17.2. The van der Waals surface area contributed by atoms with Crippen LogP contribution in [0.25, 0.3) is 10.2 Å². The highest BCUT2D eigenvalue weighted by Crippen LogP contribution is 2.25. The Bertz CT molecular complexity index is 1030. The number of hydrogen-bond donors (Lipinski definition) is 1. The Balaban J connectivity index is 1.85. The maximum Gasteiger partial charge on any atom is 0.272 e. The molecule has 0 bridgehead atoms. The van der Waals surface area contributed by atoms with Gasteiger partial charge in [-0.3, -0.25) is 14.2 Å². The van der Waals surface area contributed by atoms with Gasteiger partial charge in [-0.05, 0) is 36.6 Å². The van der Waals surface area contributed by atoms with Gasteiger partial charge in [0.1, 0.15) is 4.70 Å². The minimum Gasteiger partial charge on any atom is -0.325 e. The minimum absolute atomic E-state index is 0.105. The number of halogens is 1. The monoisotopic (exact) mass is 449 g/mol. The van der Waals surface area contributed by atoms with Crippen LogP contribution in [0.5, 0.6) is 0 Å². The van der Waals surface area contributed by atoms with Gasteiger partial charge in [-0.2, -0.15) is 0 Å². The zero-order chi connectivity index (χ0) is 18.7. The first kappa shape index (κ1) is 18.9. The summed E-state index contributed by atoms with van der Waals surface area (Å²) in [6, 6.07) is 9.21. The number of fused-ring (bicyclic) bond motifs is 1. The number of carbonyl (C=O) groups excluding carboxylic acids is 1. The minimum atomic E-state index is -0.423. The molecule has 3 aromatic rings. The Morgan fingerprint density at radius 2 is 2.31 bits per heavy atom. The molecule has 1 atom stereocenters. The summed E-state index contributed by atoms with van der Waals surface area (Å²) >= 11 is 6.01. The van der Waals surface area contributed by atoms with Gasteiger partial charge in [0, 0.05) is 16.7 Å². The van der Waals surface area contributed by atoms with E-state index in [0.717, 1.165) is 4.47 Å². The molecule has 2 aromatic heterocycles. The summed E-state index contributed by atoms with van der Waals surface area (Å²) in [5, 5.41) is 4.81. The number of aromatic nitrogens is 2. The van der Waals surface area contributed by atoms with Gasteiger partial charge in [0.05, 0.1) is 10.8 Å². The maximum atomic E-state index is 12.6. The molecule has 134 valence electrons. The lowest BCUT2D eigenvalue weighted by molar-refractivity contribution is -0.115. The number of thiophene rings is 1. The molecule has 2 heterocycles. The Kier molecular flexibility index (Phi) is 5.95. The molecule has 0 saturated carbocycles. The van der Waals surface area contributed by atoms with Crippen molar-refractivity contribution in [2.45, 2.75) is 23.9 Å². The molecule has 1 unspecified atom stereocenters. The van der Waals surface area contributed by atoms with Crippen molar-refractivity contribution in [2.75, 3.05) is 5.32 Å². The molecule has 5 nitrogen and oxygen atoms in total. The number of thioether (sulfide) groups is 1. The largest absolute Gasteiger partial charge is 0.325 e. The van der Waals surface area contributed by atoms with Gasteiger partial charge in [0.15, 0.2) is 5.16 Å². The molecule has 8 heteroatoms. The van der Waals surface area contributed by atoms with Crippen LogP contribution < -0.4 is 10.9 Å². The van der Waals surface area contributed by atoms with Gasteiger partial charge in [-0.15, -0.1) is 17.9 Å². The summed E-state index contributed by atoms with van der Waals surface area (Å²) in [5.41, 5.74) is 1.26. The van der Waals surface area contributed by atoms with Gasteiger partial charge in [-0.25, -0.2) is 4.98 Å². The van der Waals surface area contributed by atoms with E-state index in [1.807, 2.05) is 35.7 Å². The number of allylic oxidation sites excluding steroid dienone is 1. The number of rotatable bonds is 6. The first-order chi connectivity index (χ1) is 12.5. The van der Waals surface area contributed by atoms with Crippen LogP contribution in [0, 0.1) is 0 Å². The van der Waals surface area contributed by atoms with Gasteiger partial charge < -0.3 is 5.32 Å². The molecule has 1 aromatic carbocycles. The molecule has 0 aliphatic heterocycles. The van der Waals surface area contributed by atoms with Crippen LogP contribution in [0.1, 0.15) is 6.92 Å². The van der Waals surface area contributed by atoms with Crippen LogP contribution >= 0.6 is 39.0 Å². The molecular formula is C18H16BrN3O2S2. The standard InChI is InChI=1S/C18H16BrN3O2S2/c1-3-8-22-17(24)15-14(7-9-25-15)21-18(22)26-11(2)16(23)20-13-6-4-5-12(19)10-13/h3-7,9-11H,1,8H2,2H3,(H,20,23). The Morgan fingerprint density at radius 1 is 1.50 bits per heavy atom. The average Bonchev–Trinajstić information content (AvgIpc) is 3.07. The van der Waals surface area contributed by atoms with E-state index in [0.29, 0.717) is 27.6 Å². The van der Waals surface area contributed by atoms with Crippen molar-refractivity contribution < 1.29 is 4.79 Å². The van der Waals surface area contributed by atoms with E-state index in [-0.39, 0.29) is 11.5 Å². The smallest absolute Gasteiger partial charge is 0.272 e. The van der Waals surface area contributed by atoms with E-state index < -0.39 is 5.25 Å². The van der Waals surface area contributed by atoms with E-state index in [1.165, 1.54) is 23.1 Å². The number of anilines is 1. The number of amides is 1. The SMILES string of the molecule is C=CCn1c(SC(C)C(=O)Nc2cccc(Br)c2)nc2ccsc2c1=O. The predicted molar refractivity (Wildman–Crippen MR) is 112 cm³/mol. The number of carbonyl (C=O) groups is 1. The summed E-state index contributed by atoms with van der Waals surface area (Å²) in [4.78, 5) is 29.7. The molecule has 0 saturated heterocycles. The fourth-order valence-electron chi connectivity index (χ4n) is 2.33. The summed E-state index contributed by atoms with van der Waals surface area (Å²) in [7, 11) is 0. The van der Waals surface area contributed by atoms with Crippen molar-refractivity contribution in [1.29, 1.82) is 0 Å². The summed E-state index contributed by atoms with van der Waals surface area (Å²) < 4.78 is 3.06. The topological polar surface area (TPSA) is 64.0 Å². The van der Waals surface area contributed by atoms with E-state index >= 15 is 0 Å². The Labute approximate surface area is 167 Å². The molecule has 0 spiro atoms. The molecule has 0 radical (unpaired) electrons. The molecule has 1 N–H and O–H groups in total. The van der Waals surface area contributed by atoms with Crippen molar-refractivity contribution in [1.82, 2.24) is 9.55 Å². The third-order valence-corrected chi connectivity index (χ3v) is 6.06. The van der Waals surface area contributed by atoms with Crippen LogP contribution in [-0.4, -0.2) is 20.7 Å². The Hall–Kier alpha value is -1.90. The molecule has 0 aliphatic carbocycles. The van der Waals surface area contributed by atoms with E-state index in [9.17, 15) is 9.59 Å². The van der Waals surface area contributed by atoms with Crippen molar-refractivity contribution in [3.8, 4) is 0 Å². The highest BCUT2D eigenvalue weighted by molar-refractivity contribution is 9.10. The quantitative estimate of drug-likeness (QED) is 0.341. The highest BCUT2D eigenvalue weighted by atomic mass is 79.9. The van der Waals surface area contributed by atoms with Crippen LogP contribution in [0.4, 0.5) is 5.69 Å². The molecule has 0 fully saturated rings. The number of hydrogen-bond acceptors (Lipinski definition) is 5. The van der Waals surface area contributed by atoms with Crippen molar-refractivity contribution in [2.24, 2.45) is 0 Å². The number of nitrogens with zero attached hydrogens (tertiary/aromatic N) is 2.